The summed E-state index contributed by atoms with van der Waals surface area (Å²) in [6.45, 7) is 0.818. The number of rotatable bonds is 6. The van der Waals surface area contributed by atoms with Crippen molar-refractivity contribution in [3.63, 3.8) is 0 Å². The number of ether oxygens (including phenoxy) is 1. The molecule has 0 aliphatic carbocycles. The van der Waals surface area contributed by atoms with Gasteiger partial charge in [-0.25, -0.2) is 4.79 Å². The van der Waals surface area contributed by atoms with Gasteiger partial charge in [-0.15, -0.1) is 11.3 Å². The van der Waals surface area contributed by atoms with Crippen LogP contribution in [0, 0.1) is 0 Å². The molecule has 0 bridgehead atoms. The highest BCUT2D eigenvalue weighted by Gasteiger charge is 2.01. The van der Waals surface area contributed by atoms with Gasteiger partial charge < -0.3 is 10.1 Å². The summed E-state index contributed by atoms with van der Waals surface area (Å²) < 4.78 is 5.89. The maximum absolute atomic E-state index is 11.5. The average molecular weight is 322 g/mol. The van der Waals surface area contributed by atoms with Crippen LogP contribution in [-0.2, 0) is 11.3 Å². The van der Waals surface area contributed by atoms with Crippen LogP contribution in [0.1, 0.15) is 17.5 Å². The van der Waals surface area contributed by atoms with Crippen molar-refractivity contribution in [2.24, 2.45) is 0 Å². The van der Waals surface area contributed by atoms with Crippen LogP contribution in [0.2, 0.25) is 4.34 Å². The van der Waals surface area contributed by atoms with Crippen LogP contribution in [0.5, 0.6) is 0 Å². The summed E-state index contributed by atoms with van der Waals surface area (Å²) >= 11 is 7.48. The molecule has 0 aliphatic rings. The van der Waals surface area contributed by atoms with Gasteiger partial charge in [0.1, 0.15) is 10.9 Å². The molecule has 1 N–H and O–H groups in total. The molecule has 1 heterocycles. The molecular formula is C16H16ClNO2S. The predicted molar refractivity (Wildman–Crippen MR) is 87.6 cm³/mol. The molecule has 0 aliphatic heterocycles. The fourth-order valence-corrected chi connectivity index (χ4v) is 2.55. The highest BCUT2D eigenvalue weighted by molar-refractivity contribution is 7.14. The first kappa shape index (κ1) is 15.6. The molecule has 110 valence electrons. The van der Waals surface area contributed by atoms with E-state index in [0.717, 1.165) is 21.9 Å². The lowest BCUT2D eigenvalue weighted by Gasteiger charge is -2.05. The van der Waals surface area contributed by atoms with E-state index in [9.17, 15) is 4.79 Å². The van der Waals surface area contributed by atoms with E-state index in [2.05, 4.69) is 5.32 Å². The number of alkyl carbamates (subject to hydrolysis) is 1. The lowest BCUT2D eigenvalue weighted by molar-refractivity contribution is 0.140. The number of hydrogen-bond donors (Lipinski definition) is 1. The number of hydrogen-bond acceptors (Lipinski definition) is 3. The van der Waals surface area contributed by atoms with Gasteiger partial charge in [0.25, 0.3) is 0 Å². The second-order valence-corrected chi connectivity index (χ2v) is 5.85. The summed E-state index contributed by atoms with van der Waals surface area (Å²) in [5.74, 6) is 0. The molecule has 0 spiro atoms. The molecule has 0 fully saturated rings. The van der Waals surface area contributed by atoms with Crippen molar-refractivity contribution in [3.8, 4) is 0 Å². The number of thiophene rings is 1. The van der Waals surface area contributed by atoms with Crippen molar-refractivity contribution >= 4 is 35.1 Å². The number of carbonyl (C=O) groups excluding carboxylic acids is 1. The summed E-state index contributed by atoms with van der Waals surface area (Å²) in [6.07, 6.45) is 4.26. The van der Waals surface area contributed by atoms with Crippen LogP contribution in [0.15, 0.2) is 47.9 Å². The SMILES string of the molecule is O=C(NCCC=Cc1ccsc1Cl)OCc1ccccc1. The Kier molecular flexibility index (Phi) is 6.31. The molecule has 0 saturated carbocycles. The van der Waals surface area contributed by atoms with E-state index in [1.54, 1.807) is 0 Å². The first-order chi connectivity index (χ1) is 10.3. The predicted octanol–water partition coefficient (Wildman–Crippen LogP) is 4.73. The number of amides is 1. The Labute approximate surface area is 133 Å². The van der Waals surface area contributed by atoms with Crippen molar-refractivity contribution < 1.29 is 9.53 Å². The molecule has 3 nitrogen and oxygen atoms in total. The van der Waals surface area contributed by atoms with Crippen molar-refractivity contribution in [2.45, 2.75) is 13.0 Å². The zero-order valence-corrected chi connectivity index (χ0v) is 13.0. The molecule has 0 radical (unpaired) electrons. The van der Waals surface area contributed by atoms with Crippen LogP contribution >= 0.6 is 22.9 Å². The molecule has 5 heteroatoms. The smallest absolute Gasteiger partial charge is 0.407 e. The van der Waals surface area contributed by atoms with Crippen molar-refractivity contribution in [1.29, 1.82) is 0 Å². The highest BCUT2D eigenvalue weighted by Crippen LogP contribution is 2.23. The second kappa shape index (κ2) is 8.49. The zero-order chi connectivity index (χ0) is 14.9. The highest BCUT2D eigenvalue weighted by atomic mass is 35.5. The Morgan fingerprint density at radius 3 is 2.81 bits per heavy atom. The van der Waals surface area contributed by atoms with Crippen molar-refractivity contribution in [3.05, 3.63) is 63.3 Å². The van der Waals surface area contributed by atoms with E-state index in [4.69, 9.17) is 16.3 Å². The van der Waals surface area contributed by atoms with E-state index in [-0.39, 0.29) is 6.61 Å². The minimum Gasteiger partial charge on any atom is -0.445 e. The summed E-state index contributed by atoms with van der Waals surface area (Å²) in [7, 11) is 0. The molecule has 2 aromatic rings. The number of nitrogens with one attached hydrogen (secondary N) is 1. The normalized spacial score (nSPS) is 10.7. The third kappa shape index (κ3) is 5.61. The van der Waals surface area contributed by atoms with Gasteiger partial charge in [-0.05, 0) is 23.4 Å². The van der Waals surface area contributed by atoms with E-state index in [1.165, 1.54) is 11.3 Å². The molecule has 2 rings (SSSR count). The zero-order valence-electron chi connectivity index (χ0n) is 11.4. The molecule has 1 aromatic carbocycles. The fraction of sp³-hybridized carbons (Fsp3) is 0.188. The Morgan fingerprint density at radius 1 is 1.29 bits per heavy atom. The molecule has 0 unspecified atom stereocenters. The maximum Gasteiger partial charge on any atom is 0.407 e. The third-order valence-corrected chi connectivity index (χ3v) is 3.94. The van der Waals surface area contributed by atoms with Crippen LogP contribution < -0.4 is 5.32 Å². The van der Waals surface area contributed by atoms with Gasteiger partial charge in [-0.3, -0.25) is 0 Å². The van der Waals surface area contributed by atoms with E-state index in [1.807, 2.05) is 53.9 Å². The second-order valence-electron chi connectivity index (χ2n) is 4.33. The Hall–Kier alpha value is -1.78. The summed E-state index contributed by atoms with van der Waals surface area (Å²) in [6, 6.07) is 11.6. The quantitative estimate of drug-likeness (QED) is 0.781. The van der Waals surface area contributed by atoms with Gasteiger partial charge in [-0.1, -0.05) is 54.1 Å². The number of halogens is 1. The van der Waals surface area contributed by atoms with Crippen LogP contribution in [0.25, 0.3) is 6.08 Å². The topological polar surface area (TPSA) is 38.3 Å². The van der Waals surface area contributed by atoms with Crippen molar-refractivity contribution in [2.75, 3.05) is 6.54 Å². The van der Waals surface area contributed by atoms with Gasteiger partial charge in [0.2, 0.25) is 0 Å². The largest absolute Gasteiger partial charge is 0.445 e. The first-order valence-electron chi connectivity index (χ1n) is 6.60. The minimum absolute atomic E-state index is 0.285. The standard InChI is InChI=1S/C16H16ClNO2S/c17-15-14(9-11-21-15)8-4-5-10-18-16(19)20-12-13-6-2-1-3-7-13/h1-4,6-9,11H,5,10,12H2,(H,18,19). The third-order valence-electron chi connectivity index (χ3n) is 2.74. The fourth-order valence-electron chi connectivity index (χ4n) is 1.66. The van der Waals surface area contributed by atoms with Gasteiger partial charge in [0, 0.05) is 12.1 Å². The Bertz CT molecular complexity index is 595. The van der Waals surface area contributed by atoms with Gasteiger partial charge in [0.15, 0.2) is 0 Å². The molecule has 1 amide bonds. The summed E-state index contributed by atoms with van der Waals surface area (Å²) in [5.41, 5.74) is 1.98. The molecule has 0 saturated heterocycles. The Balaban J connectivity index is 1.61. The minimum atomic E-state index is -0.402. The summed E-state index contributed by atoms with van der Waals surface area (Å²) in [4.78, 5) is 11.5. The Morgan fingerprint density at radius 2 is 2.10 bits per heavy atom. The molecule has 1 aromatic heterocycles. The van der Waals surface area contributed by atoms with Gasteiger partial charge in [-0.2, -0.15) is 0 Å². The van der Waals surface area contributed by atoms with Crippen molar-refractivity contribution in [1.82, 2.24) is 5.32 Å². The molecule has 0 atom stereocenters. The van der Waals surface area contributed by atoms with E-state index in [0.29, 0.717) is 6.54 Å². The summed E-state index contributed by atoms with van der Waals surface area (Å²) in [5, 5.41) is 4.65. The number of benzene rings is 1. The van der Waals surface area contributed by atoms with Gasteiger partial charge >= 0.3 is 6.09 Å². The number of carbonyl (C=O) groups is 1. The van der Waals surface area contributed by atoms with Crippen LogP contribution in [0.4, 0.5) is 4.79 Å². The van der Waals surface area contributed by atoms with Crippen LogP contribution in [0.3, 0.4) is 0 Å². The van der Waals surface area contributed by atoms with Gasteiger partial charge in [0.05, 0.1) is 0 Å². The maximum atomic E-state index is 11.5. The van der Waals surface area contributed by atoms with Crippen LogP contribution in [-0.4, -0.2) is 12.6 Å². The monoisotopic (exact) mass is 321 g/mol. The van der Waals surface area contributed by atoms with E-state index < -0.39 is 6.09 Å². The lowest BCUT2D eigenvalue weighted by atomic mass is 10.2. The lowest BCUT2D eigenvalue weighted by Crippen LogP contribution is -2.24. The van der Waals surface area contributed by atoms with E-state index >= 15 is 0 Å². The average Bonchev–Trinajstić information content (AvgIpc) is 2.91. The molecule has 21 heavy (non-hydrogen) atoms. The molecular weight excluding hydrogens is 306 g/mol. The first-order valence-corrected chi connectivity index (χ1v) is 7.85.